The zero-order valence-corrected chi connectivity index (χ0v) is 18.0. The van der Waals surface area contributed by atoms with Gasteiger partial charge in [0.1, 0.15) is 17.4 Å². The molecule has 7 nitrogen and oxygen atoms in total. The maximum absolute atomic E-state index is 13.1. The van der Waals surface area contributed by atoms with Crippen LogP contribution >= 0.6 is 11.6 Å². The van der Waals surface area contributed by atoms with Gasteiger partial charge in [-0.05, 0) is 42.7 Å². The van der Waals surface area contributed by atoms with Gasteiger partial charge in [-0.2, -0.15) is 10.4 Å². The fourth-order valence-corrected chi connectivity index (χ4v) is 4.25. The molecule has 8 heteroatoms. The van der Waals surface area contributed by atoms with Crippen molar-refractivity contribution >= 4 is 28.9 Å². The Morgan fingerprint density at radius 2 is 1.87 bits per heavy atom. The molecule has 1 N–H and O–H groups in total. The highest BCUT2D eigenvalue weighted by atomic mass is 35.5. The van der Waals surface area contributed by atoms with Gasteiger partial charge >= 0.3 is 0 Å². The van der Waals surface area contributed by atoms with Crippen molar-refractivity contribution in [2.24, 2.45) is 11.0 Å². The Balaban J connectivity index is 1.71. The number of hydrazone groups is 1. The molecule has 2 aromatic rings. The van der Waals surface area contributed by atoms with Gasteiger partial charge in [0.15, 0.2) is 0 Å². The van der Waals surface area contributed by atoms with E-state index in [2.05, 4.69) is 16.6 Å². The van der Waals surface area contributed by atoms with Crippen LogP contribution in [0.5, 0.6) is 5.75 Å². The SMILES string of the molecule is COc1ccc([C@H]2[C@@H](C#N)C(C(=O)NN3CCCCC3)=NN2c2ccccc2Cl)cc1. The van der Waals surface area contributed by atoms with Crippen molar-refractivity contribution in [3.63, 3.8) is 0 Å². The van der Waals surface area contributed by atoms with Crippen molar-refractivity contribution in [3.05, 3.63) is 59.1 Å². The van der Waals surface area contributed by atoms with Crippen molar-refractivity contribution in [3.8, 4) is 11.8 Å². The number of para-hydroxylation sites is 1. The van der Waals surface area contributed by atoms with Crippen LogP contribution in [0.1, 0.15) is 30.9 Å². The lowest BCUT2D eigenvalue weighted by molar-refractivity contribution is -0.119. The van der Waals surface area contributed by atoms with Gasteiger partial charge in [0, 0.05) is 13.1 Å². The molecule has 0 radical (unpaired) electrons. The summed E-state index contributed by atoms with van der Waals surface area (Å²) < 4.78 is 5.26. The summed E-state index contributed by atoms with van der Waals surface area (Å²) in [5, 5.41) is 18.7. The minimum absolute atomic E-state index is 0.189. The van der Waals surface area contributed by atoms with Crippen LogP contribution in [0.2, 0.25) is 5.02 Å². The molecule has 2 aromatic carbocycles. The van der Waals surface area contributed by atoms with Gasteiger partial charge in [-0.1, -0.05) is 42.3 Å². The number of piperidine rings is 1. The molecular weight excluding hydrogens is 414 g/mol. The Morgan fingerprint density at radius 1 is 1.16 bits per heavy atom. The zero-order valence-electron chi connectivity index (χ0n) is 17.3. The monoisotopic (exact) mass is 437 g/mol. The molecule has 0 aliphatic carbocycles. The van der Waals surface area contributed by atoms with E-state index in [1.54, 1.807) is 18.2 Å². The topological polar surface area (TPSA) is 81.0 Å². The predicted molar refractivity (Wildman–Crippen MR) is 120 cm³/mol. The summed E-state index contributed by atoms with van der Waals surface area (Å²) in [6, 6.07) is 16.6. The second-order valence-electron chi connectivity index (χ2n) is 7.59. The van der Waals surface area contributed by atoms with Crippen molar-refractivity contribution in [2.45, 2.75) is 25.3 Å². The van der Waals surface area contributed by atoms with E-state index in [1.165, 1.54) is 0 Å². The quantitative estimate of drug-likeness (QED) is 0.766. The largest absolute Gasteiger partial charge is 0.497 e. The molecule has 2 aliphatic heterocycles. The van der Waals surface area contributed by atoms with Gasteiger partial charge in [0.25, 0.3) is 5.91 Å². The van der Waals surface area contributed by atoms with Crippen molar-refractivity contribution in [1.82, 2.24) is 10.4 Å². The maximum Gasteiger partial charge on any atom is 0.283 e. The second kappa shape index (κ2) is 9.38. The molecular formula is C23H24ClN5O2. The minimum atomic E-state index is -0.755. The normalized spacial score (nSPS) is 21.3. The first-order chi connectivity index (χ1) is 15.1. The summed E-state index contributed by atoms with van der Waals surface area (Å²) in [6.45, 7) is 1.60. The number of ether oxygens (including phenoxy) is 1. The lowest BCUT2D eigenvalue weighted by Crippen LogP contribution is -2.48. The van der Waals surface area contributed by atoms with E-state index < -0.39 is 12.0 Å². The van der Waals surface area contributed by atoms with Gasteiger partial charge in [0.05, 0.1) is 29.9 Å². The Morgan fingerprint density at radius 3 is 2.52 bits per heavy atom. The number of anilines is 1. The van der Waals surface area contributed by atoms with E-state index >= 15 is 0 Å². The zero-order chi connectivity index (χ0) is 21.8. The Kier molecular flexibility index (Phi) is 6.40. The molecule has 160 valence electrons. The summed E-state index contributed by atoms with van der Waals surface area (Å²) in [5.74, 6) is -0.389. The Bertz CT molecular complexity index is 1010. The lowest BCUT2D eigenvalue weighted by Gasteiger charge is -2.27. The summed E-state index contributed by atoms with van der Waals surface area (Å²) >= 11 is 6.46. The van der Waals surface area contributed by atoms with E-state index in [0.29, 0.717) is 16.5 Å². The predicted octanol–water partition coefficient (Wildman–Crippen LogP) is 3.92. The molecule has 4 rings (SSSR count). The van der Waals surface area contributed by atoms with Crippen LogP contribution in [0, 0.1) is 17.2 Å². The fraction of sp³-hybridized carbons (Fsp3) is 0.348. The molecule has 0 spiro atoms. The smallest absolute Gasteiger partial charge is 0.283 e. The molecule has 1 saturated heterocycles. The van der Waals surface area contributed by atoms with E-state index in [4.69, 9.17) is 16.3 Å². The molecule has 2 heterocycles. The number of hydrazine groups is 1. The standard InChI is InChI=1S/C23H24ClN5O2/c1-31-17-11-9-16(10-12-17)22-18(15-25)21(23(30)27-28-13-5-2-6-14-28)26-29(22)20-8-4-3-7-19(20)24/h3-4,7-12,18,22H,2,5-6,13-14H2,1H3,(H,27,30)/t18-,22-/m0/s1. The third-order valence-corrected chi connectivity index (χ3v) is 5.95. The minimum Gasteiger partial charge on any atom is -0.497 e. The van der Waals surface area contributed by atoms with Gasteiger partial charge in [-0.25, -0.2) is 5.01 Å². The number of nitriles is 1. The molecule has 31 heavy (non-hydrogen) atoms. The van der Waals surface area contributed by atoms with Crippen LogP contribution < -0.4 is 15.2 Å². The highest BCUT2D eigenvalue weighted by Gasteiger charge is 2.43. The number of benzene rings is 2. The molecule has 2 aliphatic rings. The average molecular weight is 438 g/mol. The number of amides is 1. The molecule has 1 fully saturated rings. The van der Waals surface area contributed by atoms with Crippen molar-refractivity contribution < 1.29 is 9.53 Å². The van der Waals surface area contributed by atoms with Crippen molar-refractivity contribution in [2.75, 3.05) is 25.2 Å². The first kappa shape index (κ1) is 21.2. The third-order valence-electron chi connectivity index (χ3n) is 5.63. The number of carbonyl (C=O) groups excluding carboxylic acids is 1. The number of hydrogen-bond acceptors (Lipinski definition) is 6. The number of nitrogens with zero attached hydrogens (tertiary/aromatic N) is 4. The number of carbonyl (C=O) groups is 1. The molecule has 1 amide bonds. The van der Waals surface area contributed by atoms with Crippen LogP contribution in [0.15, 0.2) is 53.6 Å². The number of rotatable bonds is 5. The van der Waals surface area contributed by atoms with Crippen molar-refractivity contribution in [1.29, 1.82) is 5.26 Å². The van der Waals surface area contributed by atoms with E-state index in [9.17, 15) is 10.1 Å². The van der Waals surface area contributed by atoms with Crippen LogP contribution in [-0.2, 0) is 4.79 Å². The molecule has 0 aromatic heterocycles. The number of hydrogen-bond donors (Lipinski definition) is 1. The summed E-state index contributed by atoms with van der Waals surface area (Å²) in [6.07, 6.45) is 3.23. The average Bonchev–Trinajstić information content (AvgIpc) is 3.19. The van der Waals surface area contributed by atoms with E-state index in [-0.39, 0.29) is 11.6 Å². The number of methoxy groups -OCH3 is 1. The first-order valence-corrected chi connectivity index (χ1v) is 10.7. The van der Waals surface area contributed by atoms with Crippen LogP contribution in [0.3, 0.4) is 0 Å². The van der Waals surface area contributed by atoms with Crippen LogP contribution in [0.4, 0.5) is 5.69 Å². The Hall–Kier alpha value is -3.08. The van der Waals surface area contributed by atoms with Gasteiger partial charge in [-0.3, -0.25) is 15.2 Å². The lowest BCUT2D eigenvalue weighted by atomic mass is 9.90. The highest BCUT2D eigenvalue weighted by Crippen LogP contribution is 2.42. The summed E-state index contributed by atoms with van der Waals surface area (Å²) in [4.78, 5) is 13.1. The third kappa shape index (κ3) is 4.36. The summed E-state index contributed by atoms with van der Waals surface area (Å²) in [5.41, 5.74) is 4.61. The van der Waals surface area contributed by atoms with Crippen LogP contribution in [-0.4, -0.2) is 36.8 Å². The van der Waals surface area contributed by atoms with Crippen LogP contribution in [0.25, 0.3) is 0 Å². The second-order valence-corrected chi connectivity index (χ2v) is 8.00. The van der Waals surface area contributed by atoms with E-state index in [1.807, 2.05) is 47.5 Å². The van der Waals surface area contributed by atoms with E-state index in [0.717, 1.165) is 37.9 Å². The summed E-state index contributed by atoms with van der Waals surface area (Å²) in [7, 11) is 1.60. The van der Waals surface area contributed by atoms with Gasteiger partial charge < -0.3 is 4.74 Å². The molecule has 0 saturated carbocycles. The maximum atomic E-state index is 13.1. The first-order valence-electron chi connectivity index (χ1n) is 10.3. The highest BCUT2D eigenvalue weighted by molar-refractivity contribution is 6.41. The Labute approximate surface area is 186 Å². The molecule has 2 atom stereocenters. The van der Waals surface area contributed by atoms with Gasteiger partial charge in [0.2, 0.25) is 0 Å². The number of nitrogens with one attached hydrogen (secondary N) is 1. The molecule has 0 unspecified atom stereocenters. The molecule has 0 bridgehead atoms. The number of halogens is 1. The van der Waals surface area contributed by atoms with Gasteiger partial charge in [-0.15, -0.1) is 0 Å². The fourth-order valence-electron chi connectivity index (χ4n) is 4.03.